The molecule has 2 fully saturated rings. The van der Waals surface area contributed by atoms with E-state index in [2.05, 4.69) is 15.6 Å². The zero-order chi connectivity index (χ0) is 14.2. The molecule has 1 aliphatic heterocycles. The summed E-state index contributed by atoms with van der Waals surface area (Å²) in [5.41, 5.74) is 2.41. The fourth-order valence-corrected chi connectivity index (χ4v) is 2.83. The van der Waals surface area contributed by atoms with E-state index in [0.717, 1.165) is 48.5 Å². The van der Waals surface area contributed by atoms with Gasteiger partial charge in [0.25, 0.3) is 0 Å². The highest BCUT2D eigenvalue weighted by Gasteiger charge is 2.29. The Morgan fingerprint density at radius 2 is 2.19 bits per heavy atom. The molecular weight excluding hydrogens is 266 g/mol. The van der Waals surface area contributed by atoms with Crippen molar-refractivity contribution in [2.24, 2.45) is 0 Å². The predicted octanol–water partition coefficient (Wildman–Crippen LogP) is 2.79. The van der Waals surface area contributed by atoms with Crippen LogP contribution in [0.1, 0.15) is 43.9 Å². The van der Waals surface area contributed by atoms with Crippen molar-refractivity contribution in [3.63, 3.8) is 0 Å². The standard InChI is InChI=1S/C16H19N3O2/c20-15(12-3-1-2-8-17-12)18-11-6-7-14-13(9-11)19-16(21-14)10-4-5-10/h6-7,9-10,12,17H,1-5,8H2,(H,18,20)/t12-/m1/s1. The molecule has 0 unspecified atom stereocenters. The number of hydrogen-bond acceptors (Lipinski definition) is 4. The summed E-state index contributed by atoms with van der Waals surface area (Å²) in [5, 5.41) is 6.23. The van der Waals surface area contributed by atoms with E-state index in [1.54, 1.807) is 0 Å². The molecule has 1 aliphatic carbocycles. The maximum atomic E-state index is 12.2. The van der Waals surface area contributed by atoms with Crippen LogP contribution in [-0.4, -0.2) is 23.5 Å². The molecule has 5 heteroatoms. The van der Waals surface area contributed by atoms with Gasteiger partial charge < -0.3 is 15.1 Å². The SMILES string of the molecule is O=C(Nc1ccc2oc(C3CC3)nc2c1)[C@H]1CCCCN1. The lowest BCUT2D eigenvalue weighted by Gasteiger charge is -2.22. The van der Waals surface area contributed by atoms with Crippen molar-refractivity contribution in [2.75, 3.05) is 11.9 Å². The fraction of sp³-hybridized carbons (Fsp3) is 0.500. The molecule has 5 nitrogen and oxygen atoms in total. The van der Waals surface area contributed by atoms with Gasteiger partial charge in [0.05, 0.1) is 6.04 Å². The number of anilines is 1. The minimum Gasteiger partial charge on any atom is -0.440 e. The smallest absolute Gasteiger partial charge is 0.241 e. The van der Waals surface area contributed by atoms with Gasteiger partial charge in [0, 0.05) is 11.6 Å². The third-order valence-corrected chi connectivity index (χ3v) is 4.23. The van der Waals surface area contributed by atoms with E-state index in [0.29, 0.717) is 5.92 Å². The van der Waals surface area contributed by atoms with Crippen LogP contribution in [0.2, 0.25) is 0 Å². The van der Waals surface area contributed by atoms with Crippen LogP contribution >= 0.6 is 0 Å². The molecule has 1 aromatic heterocycles. The average Bonchev–Trinajstić information content (AvgIpc) is 3.28. The molecule has 1 amide bonds. The van der Waals surface area contributed by atoms with Crippen molar-refractivity contribution in [1.29, 1.82) is 0 Å². The summed E-state index contributed by atoms with van der Waals surface area (Å²) < 4.78 is 5.73. The molecule has 21 heavy (non-hydrogen) atoms. The second kappa shape index (κ2) is 5.15. The highest BCUT2D eigenvalue weighted by Crippen LogP contribution is 2.40. The van der Waals surface area contributed by atoms with Crippen molar-refractivity contribution in [1.82, 2.24) is 10.3 Å². The first-order chi connectivity index (χ1) is 10.3. The molecule has 1 saturated heterocycles. The van der Waals surface area contributed by atoms with Crippen molar-refractivity contribution in [3.05, 3.63) is 24.1 Å². The molecule has 0 bridgehead atoms. The minimum atomic E-state index is -0.0752. The number of nitrogens with one attached hydrogen (secondary N) is 2. The molecule has 2 aromatic rings. The van der Waals surface area contributed by atoms with E-state index < -0.39 is 0 Å². The topological polar surface area (TPSA) is 67.2 Å². The summed E-state index contributed by atoms with van der Waals surface area (Å²) in [6, 6.07) is 5.59. The summed E-state index contributed by atoms with van der Waals surface area (Å²) in [6.45, 7) is 0.922. The van der Waals surface area contributed by atoms with Crippen LogP contribution < -0.4 is 10.6 Å². The second-order valence-electron chi connectivity index (χ2n) is 6.00. The average molecular weight is 285 g/mol. The van der Waals surface area contributed by atoms with E-state index >= 15 is 0 Å². The first-order valence-corrected chi connectivity index (χ1v) is 7.74. The van der Waals surface area contributed by atoms with E-state index in [1.165, 1.54) is 12.8 Å². The summed E-state index contributed by atoms with van der Waals surface area (Å²) >= 11 is 0. The molecule has 1 aromatic carbocycles. The van der Waals surface area contributed by atoms with Crippen LogP contribution in [0.25, 0.3) is 11.1 Å². The Labute approximate surface area is 123 Å². The highest BCUT2D eigenvalue weighted by atomic mass is 16.3. The summed E-state index contributed by atoms with van der Waals surface area (Å²) in [7, 11) is 0. The summed E-state index contributed by atoms with van der Waals surface area (Å²) in [4.78, 5) is 16.7. The van der Waals surface area contributed by atoms with Crippen molar-refractivity contribution >= 4 is 22.7 Å². The lowest BCUT2D eigenvalue weighted by Crippen LogP contribution is -2.43. The van der Waals surface area contributed by atoms with Gasteiger partial charge in [-0.15, -0.1) is 0 Å². The molecule has 0 radical (unpaired) electrons. The van der Waals surface area contributed by atoms with E-state index in [4.69, 9.17) is 4.42 Å². The van der Waals surface area contributed by atoms with E-state index in [1.807, 2.05) is 18.2 Å². The van der Waals surface area contributed by atoms with Crippen LogP contribution in [0.4, 0.5) is 5.69 Å². The Balaban J connectivity index is 1.51. The minimum absolute atomic E-state index is 0.0416. The molecular formula is C16H19N3O2. The lowest BCUT2D eigenvalue weighted by molar-refractivity contribution is -0.118. The van der Waals surface area contributed by atoms with E-state index in [-0.39, 0.29) is 11.9 Å². The number of nitrogens with zero attached hydrogens (tertiary/aromatic N) is 1. The summed E-state index contributed by atoms with van der Waals surface area (Å²) in [6.07, 6.45) is 5.51. The number of carbonyl (C=O) groups is 1. The number of fused-ring (bicyclic) bond motifs is 1. The molecule has 2 aliphatic rings. The van der Waals surface area contributed by atoms with Gasteiger partial charge in [-0.2, -0.15) is 0 Å². The van der Waals surface area contributed by atoms with Crippen LogP contribution in [0.5, 0.6) is 0 Å². The number of amides is 1. The Morgan fingerprint density at radius 1 is 1.29 bits per heavy atom. The Kier molecular flexibility index (Phi) is 3.15. The largest absolute Gasteiger partial charge is 0.440 e. The Bertz CT molecular complexity index is 669. The maximum absolute atomic E-state index is 12.2. The van der Waals surface area contributed by atoms with Crippen LogP contribution in [-0.2, 0) is 4.79 Å². The van der Waals surface area contributed by atoms with Gasteiger partial charge in [-0.05, 0) is 50.4 Å². The van der Waals surface area contributed by atoms with Gasteiger partial charge in [0.1, 0.15) is 5.52 Å². The van der Waals surface area contributed by atoms with Crippen molar-refractivity contribution < 1.29 is 9.21 Å². The Morgan fingerprint density at radius 3 is 2.95 bits per heavy atom. The number of carbonyl (C=O) groups excluding carboxylic acids is 1. The van der Waals surface area contributed by atoms with E-state index in [9.17, 15) is 4.79 Å². The van der Waals surface area contributed by atoms with Crippen molar-refractivity contribution in [2.45, 2.75) is 44.1 Å². The molecule has 110 valence electrons. The fourth-order valence-electron chi connectivity index (χ4n) is 2.83. The number of benzene rings is 1. The predicted molar refractivity (Wildman–Crippen MR) is 80.3 cm³/mol. The summed E-state index contributed by atoms with van der Waals surface area (Å²) in [5.74, 6) is 1.38. The first kappa shape index (κ1) is 12.8. The number of oxazole rings is 1. The number of rotatable bonds is 3. The van der Waals surface area contributed by atoms with Gasteiger partial charge in [-0.1, -0.05) is 6.42 Å². The first-order valence-electron chi connectivity index (χ1n) is 7.74. The number of aromatic nitrogens is 1. The van der Waals surface area contributed by atoms with Gasteiger partial charge in [0.2, 0.25) is 5.91 Å². The third kappa shape index (κ3) is 2.65. The van der Waals surface area contributed by atoms with Crippen LogP contribution in [0, 0.1) is 0 Å². The number of piperidine rings is 1. The Hall–Kier alpha value is -1.88. The third-order valence-electron chi connectivity index (χ3n) is 4.23. The molecule has 2 N–H and O–H groups in total. The van der Waals surface area contributed by atoms with Gasteiger partial charge in [-0.25, -0.2) is 4.98 Å². The van der Waals surface area contributed by atoms with Crippen molar-refractivity contribution in [3.8, 4) is 0 Å². The molecule has 1 atom stereocenters. The monoisotopic (exact) mass is 285 g/mol. The quantitative estimate of drug-likeness (QED) is 0.910. The number of hydrogen-bond donors (Lipinski definition) is 2. The molecule has 1 saturated carbocycles. The van der Waals surface area contributed by atoms with Crippen LogP contribution in [0.15, 0.2) is 22.6 Å². The van der Waals surface area contributed by atoms with Gasteiger partial charge in [-0.3, -0.25) is 4.79 Å². The maximum Gasteiger partial charge on any atom is 0.241 e. The van der Waals surface area contributed by atoms with Crippen LogP contribution in [0.3, 0.4) is 0 Å². The molecule has 4 rings (SSSR count). The molecule has 0 spiro atoms. The van der Waals surface area contributed by atoms with Gasteiger partial charge in [0.15, 0.2) is 11.5 Å². The zero-order valence-electron chi connectivity index (χ0n) is 11.9. The molecule has 2 heterocycles. The van der Waals surface area contributed by atoms with Gasteiger partial charge >= 0.3 is 0 Å². The zero-order valence-corrected chi connectivity index (χ0v) is 11.9. The second-order valence-corrected chi connectivity index (χ2v) is 6.00. The normalized spacial score (nSPS) is 22.4. The lowest BCUT2D eigenvalue weighted by atomic mass is 10.0. The highest BCUT2D eigenvalue weighted by molar-refractivity contribution is 5.96.